The highest BCUT2D eigenvalue weighted by molar-refractivity contribution is 5.91. The van der Waals surface area contributed by atoms with Crippen LogP contribution in [0.15, 0.2) is 11.6 Å². The van der Waals surface area contributed by atoms with Crippen molar-refractivity contribution in [2.45, 2.75) is 84.0 Å². The van der Waals surface area contributed by atoms with Gasteiger partial charge in [0.2, 0.25) is 0 Å². The van der Waals surface area contributed by atoms with Gasteiger partial charge in [0.1, 0.15) is 0 Å². The van der Waals surface area contributed by atoms with Crippen molar-refractivity contribution in [2.24, 2.45) is 35.0 Å². The van der Waals surface area contributed by atoms with Gasteiger partial charge in [-0.1, -0.05) is 12.5 Å². The molecule has 0 unspecified atom stereocenters. The van der Waals surface area contributed by atoms with Gasteiger partial charge in [-0.25, -0.2) is 4.79 Å². The molecule has 0 aromatic carbocycles. The molecule has 3 saturated carbocycles. The van der Waals surface area contributed by atoms with Crippen LogP contribution in [0.5, 0.6) is 0 Å². The maximum Gasteiger partial charge on any atom is 0.344 e. The summed E-state index contributed by atoms with van der Waals surface area (Å²) in [7, 11) is 0. The third kappa shape index (κ3) is 5.72. The molecule has 0 aromatic rings. The van der Waals surface area contributed by atoms with Gasteiger partial charge in [0.15, 0.2) is 12.4 Å². The lowest BCUT2D eigenvalue weighted by molar-refractivity contribution is -0.159. The smallest absolute Gasteiger partial charge is 0.344 e. The van der Waals surface area contributed by atoms with E-state index in [1.807, 2.05) is 6.08 Å². The van der Waals surface area contributed by atoms with Crippen LogP contribution >= 0.6 is 0 Å². The Morgan fingerprint density at radius 3 is 2.68 bits per heavy atom. The Bertz CT molecular complexity index is 846. The fraction of sp³-hybridized carbons (Fsp3) is 0.778. The van der Waals surface area contributed by atoms with E-state index in [0.29, 0.717) is 36.1 Å². The average molecular weight is 475 g/mol. The van der Waals surface area contributed by atoms with E-state index in [2.05, 4.69) is 6.92 Å². The number of rotatable bonds is 9. The van der Waals surface area contributed by atoms with Crippen LogP contribution < -0.4 is 0 Å². The number of esters is 2. The van der Waals surface area contributed by atoms with E-state index in [1.54, 1.807) is 0 Å². The van der Waals surface area contributed by atoms with Gasteiger partial charge >= 0.3 is 17.9 Å². The van der Waals surface area contributed by atoms with Crippen molar-refractivity contribution in [3.8, 4) is 0 Å². The molecule has 0 heterocycles. The topological polar surface area (TPSA) is 107 Å². The molecule has 6 atom stereocenters. The van der Waals surface area contributed by atoms with Crippen LogP contribution in [0.3, 0.4) is 0 Å². The zero-order valence-electron chi connectivity index (χ0n) is 20.3. The first-order valence-corrected chi connectivity index (χ1v) is 13.0. The zero-order chi connectivity index (χ0) is 24.3. The molecule has 3 fully saturated rings. The van der Waals surface area contributed by atoms with Gasteiger partial charge in [0, 0.05) is 19.3 Å². The molecule has 0 aliphatic heterocycles. The Balaban J connectivity index is 1.20. The third-order valence-electron chi connectivity index (χ3n) is 9.07. The van der Waals surface area contributed by atoms with Crippen LogP contribution in [-0.2, 0) is 28.7 Å². The Hall–Kier alpha value is -2.18. The van der Waals surface area contributed by atoms with Crippen molar-refractivity contribution < 1.29 is 33.8 Å². The standard InChI is InChI=1S/C27H38O7/c1-27-11-9-21-20-8-6-19(28)14-18(20)5-7-22(21)23(27)13-17(15-27)10-12-33-26(32)16-34-25(31)4-2-3-24(29)30/h14,17,20-23H,2-13,15-16H2,1H3,(H,29,30)/t17-,20-,21+,22+,23-,27+/m0/s1. The van der Waals surface area contributed by atoms with Gasteiger partial charge in [-0.15, -0.1) is 0 Å². The molecule has 7 heteroatoms. The summed E-state index contributed by atoms with van der Waals surface area (Å²) < 4.78 is 10.2. The molecular formula is C27H38O7. The molecule has 1 N–H and O–H groups in total. The number of hydrogen-bond acceptors (Lipinski definition) is 6. The van der Waals surface area contributed by atoms with E-state index in [-0.39, 0.29) is 19.3 Å². The Kier molecular flexibility index (Phi) is 7.78. The van der Waals surface area contributed by atoms with Crippen molar-refractivity contribution in [2.75, 3.05) is 13.2 Å². The number of ketones is 1. The summed E-state index contributed by atoms with van der Waals surface area (Å²) in [6, 6.07) is 0. The Morgan fingerprint density at radius 2 is 1.88 bits per heavy atom. The van der Waals surface area contributed by atoms with Crippen LogP contribution in [0, 0.1) is 35.0 Å². The highest BCUT2D eigenvalue weighted by atomic mass is 16.6. The lowest BCUT2D eigenvalue weighted by Gasteiger charge is -2.52. The number of carbonyl (C=O) groups is 4. The van der Waals surface area contributed by atoms with Gasteiger partial charge in [0.05, 0.1) is 6.61 Å². The van der Waals surface area contributed by atoms with E-state index in [4.69, 9.17) is 14.6 Å². The van der Waals surface area contributed by atoms with Gasteiger partial charge in [-0.05, 0) is 98.9 Å². The number of ether oxygens (including phenoxy) is 2. The van der Waals surface area contributed by atoms with Crippen molar-refractivity contribution in [1.29, 1.82) is 0 Å². The quantitative estimate of drug-likeness (QED) is 0.491. The first-order chi connectivity index (χ1) is 16.2. The van der Waals surface area contributed by atoms with Crippen LogP contribution in [0.4, 0.5) is 0 Å². The van der Waals surface area contributed by atoms with Crippen molar-refractivity contribution in [3.05, 3.63) is 11.6 Å². The Labute approximate surface area is 201 Å². The second kappa shape index (κ2) is 10.6. The highest BCUT2D eigenvalue weighted by Gasteiger charge is 2.54. The number of allylic oxidation sites excluding steroid dienone is 1. The molecular weight excluding hydrogens is 436 g/mol. The monoisotopic (exact) mass is 474 g/mol. The summed E-state index contributed by atoms with van der Waals surface area (Å²) in [6.45, 7) is 2.38. The van der Waals surface area contributed by atoms with Crippen LogP contribution in [-0.4, -0.2) is 42.0 Å². The lowest BCUT2D eigenvalue weighted by atomic mass is 9.52. The number of fused-ring (bicyclic) bond motifs is 5. The molecule has 0 radical (unpaired) electrons. The molecule has 4 rings (SSSR count). The molecule has 188 valence electrons. The fourth-order valence-electron chi connectivity index (χ4n) is 7.59. The third-order valence-corrected chi connectivity index (χ3v) is 9.07. The van der Waals surface area contributed by atoms with Gasteiger partial charge in [-0.2, -0.15) is 0 Å². The first kappa shape index (κ1) is 24.9. The van der Waals surface area contributed by atoms with Crippen LogP contribution in [0.2, 0.25) is 0 Å². The second-order valence-electron chi connectivity index (χ2n) is 11.2. The maximum atomic E-state index is 11.9. The van der Waals surface area contributed by atoms with Gasteiger partial charge < -0.3 is 14.6 Å². The zero-order valence-corrected chi connectivity index (χ0v) is 20.3. The highest BCUT2D eigenvalue weighted by Crippen LogP contribution is 2.63. The Morgan fingerprint density at radius 1 is 1.06 bits per heavy atom. The minimum absolute atomic E-state index is 0.0156. The molecule has 4 aliphatic carbocycles. The summed E-state index contributed by atoms with van der Waals surface area (Å²) in [5.74, 6) is 1.60. The molecule has 0 amide bonds. The normalized spacial score (nSPS) is 34.3. The number of aliphatic carboxylic acids is 1. The van der Waals surface area contributed by atoms with Crippen molar-refractivity contribution in [1.82, 2.24) is 0 Å². The molecule has 0 aromatic heterocycles. The lowest BCUT2D eigenvalue weighted by Crippen LogP contribution is -2.44. The predicted octanol–water partition coefficient (Wildman–Crippen LogP) is 4.48. The maximum absolute atomic E-state index is 11.9. The fourth-order valence-corrected chi connectivity index (χ4v) is 7.59. The molecule has 0 saturated heterocycles. The summed E-state index contributed by atoms with van der Waals surface area (Å²) in [5.41, 5.74) is 1.79. The minimum Gasteiger partial charge on any atom is -0.481 e. The van der Waals surface area contributed by atoms with Crippen molar-refractivity contribution in [3.63, 3.8) is 0 Å². The molecule has 4 aliphatic rings. The van der Waals surface area contributed by atoms with E-state index < -0.39 is 24.5 Å². The van der Waals surface area contributed by atoms with E-state index >= 15 is 0 Å². The number of carboxylic acids is 1. The van der Waals surface area contributed by atoms with Crippen LogP contribution in [0.1, 0.15) is 84.0 Å². The van der Waals surface area contributed by atoms with E-state index in [9.17, 15) is 19.2 Å². The number of hydrogen-bond donors (Lipinski definition) is 1. The predicted molar refractivity (Wildman–Crippen MR) is 124 cm³/mol. The first-order valence-electron chi connectivity index (χ1n) is 13.0. The molecule has 7 nitrogen and oxygen atoms in total. The summed E-state index contributed by atoms with van der Waals surface area (Å²) in [6.07, 6.45) is 11.8. The largest absolute Gasteiger partial charge is 0.481 e. The summed E-state index contributed by atoms with van der Waals surface area (Å²) in [4.78, 5) is 45.9. The molecule has 0 spiro atoms. The van der Waals surface area contributed by atoms with Gasteiger partial charge in [-0.3, -0.25) is 14.4 Å². The van der Waals surface area contributed by atoms with Crippen molar-refractivity contribution >= 4 is 23.7 Å². The SMILES string of the molecule is C[C@]12CC[C@H]3[C@@H](CCC4=CC(=O)CC[C@@H]43)[C@@H]1C[C@H](CCOC(=O)COC(=O)CCCC(=O)O)C2. The second-order valence-corrected chi connectivity index (χ2v) is 11.2. The van der Waals surface area contributed by atoms with Gasteiger partial charge in [0.25, 0.3) is 0 Å². The summed E-state index contributed by atoms with van der Waals surface area (Å²) >= 11 is 0. The summed E-state index contributed by atoms with van der Waals surface area (Å²) in [5, 5.41) is 8.59. The van der Waals surface area contributed by atoms with E-state index in [1.165, 1.54) is 37.7 Å². The minimum atomic E-state index is -0.959. The molecule has 34 heavy (non-hydrogen) atoms. The number of carbonyl (C=O) groups excluding carboxylic acids is 3. The van der Waals surface area contributed by atoms with E-state index in [0.717, 1.165) is 37.0 Å². The molecule has 0 bridgehead atoms. The van der Waals surface area contributed by atoms with Crippen LogP contribution in [0.25, 0.3) is 0 Å². The average Bonchev–Trinajstić information content (AvgIpc) is 3.13. The number of carboxylic acid groups (broad SMARTS) is 1.